The molecule has 1 fully saturated rings. The van der Waals surface area contributed by atoms with Crippen molar-refractivity contribution in [2.45, 2.75) is 6.42 Å². The highest BCUT2D eigenvalue weighted by Gasteiger charge is 2.21. The lowest BCUT2D eigenvalue weighted by Crippen LogP contribution is -2.19. The Morgan fingerprint density at radius 2 is 2.19 bits per heavy atom. The van der Waals surface area contributed by atoms with E-state index in [1.807, 2.05) is 24.4 Å². The van der Waals surface area contributed by atoms with Gasteiger partial charge in [-0.15, -0.1) is 0 Å². The number of nitriles is 2. The summed E-state index contributed by atoms with van der Waals surface area (Å²) in [6.45, 7) is 2.48. The zero-order chi connectivity index (χ0) is 14.7. The first-order valence-electron chi connectivity index (χ1n) is 6.97. The summed E-state index contributed by atoms with van der Waals surface area (Å²) >= 11 is 0. The quantitative estimate of drug-likeness (QED) is 0.871. The van der Waals surface area contributed by atoms with Crippen molar-refractivity contribution in [2.75, 3.05) is 25.0 Å². The molecule has 1 aromatic heterocycles. The van der Waals surface area contributed by atoms with Crippen molar-refractivity contribution in [1.82, 2.24) is 9.88 Å². The van der Waals surface area contributed by atoms with Crippen LogP contribution in [0.25, 0.3) is 10.8 Å². The van der Waals surface area contributed by atoms with Crippen LogP contribution in [0, 0.1) is 28.7 Å². The average molecular weight is 277 g/mol. The van der Waals surface area contributed by atoms with Crippen molar-refractivity contribution in [2.24, 2.45) is 5.92 Å². The number of hydrogen-bond acceptors (Lipinski definition) is 5. The van der Waals surface area contributed by atoms with Crippen molar-refractivity contribution in [3.8, 4) is 12.3 Å². The second-order valence-electron chi connectivity index (χ2n) is 5.32. The summed E-state index contributed by atoms with van der Waals surface area (Å²) in [5.41, 5.74) is 0.653. The molecular formula is C16H15N5. The highest BCUT2D eigenvalue weighted by Crippen LogP contribution is 2.20. The lowest BCUT2D eigenvalue weighted by atomic mass is 10.1. The van der Waals surface area contributed by atoms with Crippen LogP contribution >= 0.6 is 0 Å². The van der Waals surface area contributed by atoms with E-state index in [1.165, 1.54) is 0 Å². The third-order valence-electron chi connectivity index (χ3n) is 3.85. The minimum Gasteiger partial charge on any atom is -0.370 e. The van der Waals surface area contributed by atoms with Gasteiger partial charge in [-0.25, -0.2) is 4.98 Å². The molecule has 1 aromatic carbocycles. The number of nitrogens with one attached hydrogen (secondary N) is 1. The summed E-state index contributed by atoms with van der Waals surface area (Å²) in [6.07, 6.45) is 5.04. The first-order valence-corrected chi connectivity index (χ1v) is 6.97. The van der Waals surface area contributed by atoms with Crippen LogP contribution in [0.1, 0.15) is 12.0 Å². The summed E-state index contributed by atoms with van der Waals surface area (Å²) in [6, 6.07) is 9.69. The molecule has 2 aromatic rings. The fraction of sp³-hybridized carbons (Fsp3) is 0.312. The molecule has 1 aliphatic heterocycles. The Kier molecular flexibility index (Phi) is 3.57. The number of anilines is 1. The van der Waals surface area contributed by atoms with E-state index >= 15 is 0 Å². The summed E-state index contributed by atoms with van der Waals surface area (Å²) in [7, 11) is 0. The molecule has 3 rings (SSSR count). The second kappa shape index (κ2) is 5.68. The van der Waals surface area contributed by atoms with Gasteiger partial charge in [0.15, 0.2) is 6.19 Å². The van der Waals surface area contributed by atoms with Gasteiger partial charge in [0, 0.05) is 31.2 Å². The van der Waals surface area contributed by atoms with E-state index in [9.17, 15) is 0 Å². The molecule has 1 atom stereocenters. The number of fused-ring (bicyclic) bond motifs is 1. The fourth-order valence-corrected chi connectivity index (χ4v) is 2.65. The maximum atomic E-state index is 8.95. The molecular weight excluding hydrogens is 262 g/mol. The van der Waals surface area contributed by atoms with Crippen molar-refractivity contribution in [1.29, 1.82) is 10.5 Å². The SMILES string of the molecule is N#Cc1ccc2cnc(NCC3CCN(C#N)C3)cc2c1. The van der Waals surface area contributed by atoms with E-state index in [1.54, 1.807) is 11.0 Å². The van der Waals surface area contributed by atoms with Crippen molar-refractivity contribution in [3.63, 3.8) is 0 Å². The second-order valence-corrected chi connectivity index (χ2v) is 5.32. The van der Waals surface area contributed by atoms with Gasteiger partial charge in [-0.3, -0.25) is 0 Å². The molecule has 0 amide bonds. The van der Waals surface area contributed by atoms with Gasteiger partial charge in [0.2, 0.25) is 0 Å². The van der Waals surface area contributed by atoms with Crippen LogP contribution in [0.15, 0.2) is 30.5 Å². The zero-order valence-electron chi connectivity index (χ0n) is 11.6. The lowest BCUT2D eigenvalue weighted by Gasteiger charge is -2.12. The zero-order valence-corrected chi connectivity index (χ0v) is 11.6. The van der Waals surface area contributed by atoms with E-state index in [0.717, 1.165) is 42.6 Å². The molecule has 5 nitrogen and oxygen atoms in total. The Hall–Kier alpha value is -2.79. The molecule has 1 aliphatic rings. The minimum absolute atomic E-state index is 0.479. The Bertz CT molecular complexity index is 740. The number of rotatable bonds is 3. The van der Waals surface area contributed by atoms with Gasteiger partial charge < -0.3 is 10.2 Å². The maximum absolute atomic E-state index is 8.95. The molecule has 104 valence electrons. The molecule has 2 heterocycles. The molecule has 0 spiro atoms. The van der Waals surface area contributed by atoms with E-state index in [-0.39, 0.29) is 0 Å². The number of pyridine rings is 1. The van der Waals surface area contributed by atoms with Gasteiger partial charge >= 0.3 is 0 Å². The Balaban J connectivity index is 1.70. The normalized spacial score (nSPS) is 17.4. The van der Waals surface area contributed by atoms with Crippen LogP contribution in [0.5, 0.6) is 0 Å². The van der Waals surface area contributed by atoms with Crippen LogP contribution in [0.2, 0.25) is 0 Å². The van der Waals surface area contributed by atoms with Gasteiger partial charge in [-0.2, -0.15) is 10.5 Å². The summed E-state index contributed by atoms with van der Waals surface area (Å²) in [4.78, 5) is 6.18. The first kappa shape index (κ1) is 13.2. The minimum atomic E-state index is 0.479. The highest BCUT2D eigenvalue weighted by molar-refractivity contribution is 5.85. The highest BCUT2D eigenvalue weighted by atomic mass is 15.1. The van der Waals surface area contributed by atoms with Crippen LogP contribution in [-0.2, 0) is 0 Å². The monoisotopic (exact) mass is 277 g/mol. The van der Waals surface area contributed by atoms with E-state index in [0.29, 0.717) is 11.5 Å². The number of nitrogens with zero attached hydrogens (tertiary/aromatic N) is 4. The van der Waals surface area contributed by atoms with E-state index in [2.05, 4.69) is 22.6 Å². The van der Waals surface area contributed by atoms with Gasteiger partial charge in [0.25, 0.3) is 0 Å². The standard InChI is InChI=1S/C16H15N5/c17-7-12-1-2-14-9-20-16(6-15(14)5-12)19-8-13-3-4-21(10-13)11-18/h1-2,5-6,9,13H,3-4,8,10H2,(H,19,20). The predicted octanol–water partition coefficient (Wildman–Crippen LogP) is 2.32. The molecule has 0 saturated carbocycles. The molecule has 0 bridgehead atoms. The summed E-state index contributed by atoms with van der Waals surface area (Å²) < 4.78 is 0. The third kappa shape index (κ3) is 2.88. The lowest BCUT2D eigenvalue weighted by molar-refractivity contribution is 0.460. The number of benzene rings is 1. The molecule has 0 aliphatic carbocycles. The van der Waals surface area contributed by atoms with E-state index < -0.39 is 0 Å². The van der Waals surface area contributed by atoms with E-state index in [4.69, 9.17) is 10.5 Å². The molecule has 0 radical (unpaired) electrons. The Morgan fingerprint density at radius 1 is 1.29 bits per heavy atom. The average Bonchev–Trinajstić information content (AvgIpc) is 3.00. The van der Waals surface area contributed by atoms with Crippen molar-refractivity contribution >= 4 is 16.6 Å². The van der Waals surface area contributed by atoms with Crippen LogP contribution in [0.3, 0.4) is 0 Å². The summed E-state index contributed by atoms with van der Waals surface area (Å²) in [5.74, 6) is 1.29. The molecule has 5 heteroatoms. The van der Waals surface area contributed by atoms with Crippen LogP contribution < -0.4 is 5.32 Å². The Morgan fingerprint density at radius 3 is 2.95 bits per heavy atom. The topological polar surface area (TPSA) is 75.7 Å². The Labute approximate surface area is 123 Å². The van der Waals surface area contributed by atoms with Gasteiger partial charge in [-0.05, 0) is 35.9 Å². The largest absolute Gasteiger partial charge is 0.370 e. The van der Waals surface area contributed by atoms with Gasteiger partial charge in [-0.1, -0.05) is 6.07 Å². The van der Waals surface area contributed by atoms with Gasteiger partial charge in [0.1, 0.15) is 5.82 Å². The molecule has 1 saturated heterocycles. The fourth-order valence-electron chi connectivity index (χ4n) is 2.65. The predicted molar refractivity (Wildman–Crippen MR) is 80.2 cm³/mol. The summed E-state index contributed by atoms with van der Waals surface area (Å²) in [5, 5.41) is 23.2. The molecule has 21 heavy (non-hydrogen) atoms. The number of likely N-dealkylation sites (tertiary alicyclic amines) is 1. The van der Waals surface area contributed by atoms with Crippen molar-refractivity contribution in [3.05, 3.63) is 36.0 Å². The van der Waals surface area contributed by atoms with Gasteiger partial charge in [0.05, 0.1) is 11.6 Å². The number of aromatic nitrogens is 1. The third-order valence-corrected chi connectivity index (χ3v) is 3.85. The van der Waals surface area contributed by atoms with Crippen molar-refractivity contribution < 1.29 is 0 Å². The van der Waals surface area contributed by atoms with Crippen LogP contribution in [0.4, 0.5) is 5.82 Å². The number of hydrogen-bond donors (Lipinski definition) is 1. The molecule has 1 N–H and O–H groups in total. The first-order chi connectivity index (χ1) is 10.3. The molecule has 1 unspecified atom stereocenters. The smallest absolute Gasteiger partial charge is 0.179 e. The van der Waals surface area contributed by atoms with Crippen LogP contribution in [-0.4, -0.2) is 29.5 Å². The maximum Gasteiger partial charge on any atom is 0.179 e.